The van der Waals surface area contributed by atoms with E-state index in [9.17, 15) is 23.7 Å². The fourth-order valence-electron chi connectivity index (χ4n) is 1.92. The van der Waals surface area contributed by atoms with Crippen molar-refractivity contribution in [2.45, 2.75) is 38.3 Å². The molecule has 1 aliphatic rings. The molecule has 0 amide bonds. The highest BCUT2D eigenvalue weighted by Gasteiger charge is 2.55. The average Bonchev–Trinajstić information content (AvgIpc) is 2.45. The normalized spacial score (nSPS) is 28.7. The van der Waals surface area contributed by atoms with E-state index in [0.29, 0.717) is 0 Å². The van der Waals surface area contributed by atoms with Crippen molar-refractivity contribution in [2.75, 3.05) is 0 Å². The topological polar surface area (TPSA) is 125 Å². The summed E-state index contributed by atoms with van der Waals surface area (Å²) >= 11 is 0. The fraction of sp³-hybridized carbons (Fsp3) is 0.500. The van der Waals surface area contributed by atoms with Gasteiger partial charge in [-0.2, -0.15) is 8.42 Å². The predicted octanol–water partition coefficient (Wildman–Crippen LogP) is 0.249. The van der Waals surface area contributed by atoms with Crippen LogP contribution in [0.15, 0.2) is 18.2 Å². The van der Waals surface area contributed by atoms with Crippen LogP contribution in [-0.2, 0) is 24.6 Å². The zero-order chi connectivity index (χ0) is 16.1. The molecule has 0 aliphatic carbocycles. The van der Waals surface area contributed by atoms with E-state index in [1.807, 2.05) is 0 Å². The number of aliphatic hydroxyl groups is 1. The number of phenolic OH excluding ortho intramolecular Hbond substituents is 2. The molecule has 1 aromatic rings. The Morgan fingerprint density at radius 2 is 1.71 bits per heavy atom. The van der Waals surface area contributed by atoms with Crippen LogP contribution in [-0.4, -0.2) is 35.5 Å². The first-order chi connectivity index (χ1) is 9.41. The van der Waals surface area contributed by atoms with Crippen molar-refractivity contribution in [1.82, 2.24) is 5.32 Å². The number of aromatic hydroxyl groups is 2. The fourth-order valence-corrected chi connectivity index (χ4v) is 2.87. The van der Waals surface area contributed by atoms with Gasteiger partial charge in [0.1, 0.15) is 11.5 Å². The van der Waals surface area contributed by atoms with Gasteiger partial charge in [0.2, 0.25) is 0 Å². The van der Waals surface area contributed by atoms with Crippen LogP contribution in [0.3, 0.4) is 0 Å². The van der Waals surface area contributed by atoms with Crippen LogP contribution >= 0.6 is 0 Å². The Kier molecular flexibility index (Phi) is 3.67. The number of hydrogen-bond donors (Lipinski definition) is 4. The lowest BCUT2D eigenvalue weighted by atomic mass is 10.0. The minimum atomic E-state index is -4.43. The second kappa shape index (κ2) is 4.82. The summed E-state index contributed by atoms with van der Waals surface area (Å²) in [6.45, 7) is 5.21. The SMILES string of the molecule is CC(C)(C)NC1OS(=O)(=O)OC1(O)c1cc(O)cc(O)c1. The molecule has 1 aliphatic heterocycles. The van der Waals surface area contributed by atoms with Crippen molar-refractivity contribution >= 4 is 10.4 Å². The van der Waals surface area contributed by atoms with Gasteiger partial charge in [0.25, 0.3) is 5.79 Å². The lowest BCUT2D eigenvalue weighted by Gasteiger charge is -2.31. The van der Waals surface area contributed by atoms with E-state index in [1.54, 1.807) is 20.8 Å². The summed E-state index contributed by atoms with van der Waals surface area (Å²) < 4.78 is 32.3. The summed E-state index contributed by atoms with van der Waals surface area (Å²) in [6, 6.07) is 3.17. The molecule has 0 radical (unpaired) electrons. The molecule has 8 nitrogen and oxygen atoms in total. The zero-order valence-corrected chi connectivity index (χ0v) is 12.5. The van der Waals surface area contributed by atoms with Crippen LogP contribution in [0.5, 0.6) is 11.5 Å². The van der Waals surface area contributed by atoms with Gasteiger partial charge in [0.05, 0.1) is 0 Å². The monoisotopic (exact) mass is 319 g/mol. The minimum absolute atomic E-state index is 0.164. The molecular formula is C12H17NO7S. The third-order valence-corrected chi connectivity index (χ3v) is 3.57. The Labute approximate surface area is 122 Å². The Balaban J connectivity index is 2.49. The molecule has 1 heterocycles. The molecular weight excluding hydrogens is 302 g/mol. The lowest BCUT2D eigenvalue weighted by Crippen LogP contribution is -2.53. The second-order valence-electron chi connectivity index (χ2n) is 5.80. The van der Waals surface area contributed by atoms with Gasteiger partial charge < -0.3 is 15.3 Å². The Bertz CT molecular complexity index is 632. The van der Waals surface area contributed by atoms with Gasteiger partial charge in [0.15, 0.2) is 6.23 Å². The van der Waals surface area contributed by atoms with Crippen LogP contribution in [0.1, 0.15) is 26.3 Å². The molecule has 4 N–H and O–H groups in total. The summed E-state index contributed by atoms with van der Waals surface area (Å²) in [5, 5.41) is 32.3. The van der Waals surface area contributed by atoms with Crippen molar-refractivity contribution in [2.24, 2.45) is 0 Å². The van der Waals surface area contributed by atoms with Crippen LogP contribution < -0.4 is 5.32 Å². The molecule has 9 heteroatoms. The molecule has 1 fully saturated rings. The molecule has 2 rings (SSSR count). The molecule has 1 aromatic carbocycles. The highest BCUT2D eigenvalue weighted by atomic mass is 32.3. The van der Waals surface area contributed by atoms with Crippen molar-refractivity contribution in [3.05, 3.63) is 23.8 Å². The molecule has 21 heavy (non-hydrogen) atoms. The smallest absolute Gasteiger partial charge is 0.404 e. The van der Waals surface area contributed by atoms with Gasteiger partial charge in [-0.15, -0.1) is 0 Å². The maximum atomic E-state index is 11.5. The van der Waals surface area contributed by atoms with Crippen LogP contribution in [0.2, 0.25) is 0 Å². The zero-order valence-electron chi connectivity index (χ0n) is 11.7. The van der Waals surface area contributed by atoms with Crippen molar-refractivity contribution in [3.63, 3.8) is 0 Å². The Morgan fingerprint density at radius 1 is 1.19 bits per heavy atom. The van der Waals surface area contributed by atoms with Gasteiger partial charge in [-0.3, -0.25) is 5.32 Å². The van der Waals surface area contributed by atoms with Gasteiger partial charge in [0, 0.05) is 17.2 Å². The van der Waals surface area contributed by atoms with E-state index in [2.05, 4.69) is 9.50 Å². The third kappa shape index (κ3) is 3.44. The second-order valence-corrected chi connectivity index (χ2v) is 6.97. The summed E-state index contributed by atoms with van der Waals surface area (Å²) in [5.74, 6) is -3.14. The van der Waals surface area contributed by atoms with Crippen molar-refractivity contribution in [3.8, 4) is 11.5 Å². The highest BCUT2D eigenvalue weighted by Crippen LogP contribution is 2.39. The largest absolute Gasteiger partial charge is 0.508 e. The van der Waals surface area contributed by atoms with Crippen molar-refractivity contribution in [1.29, 1.82) is 0 Å². The van der Waals surface area contributed by atoms with E-state index in [1.165, 1.54) is 0 Å². The first kappa shape index (κ1) is 16.0. The van der Waals surface area contributed by atoms with Crippen molar-refractivity contribution < 1.29 is 32.1 Å². The van der Waals surface area contributed by atoms with E-state index < -0.39 is 28.0 Å². The van der Waals surface area contributed by atoms with Crippen LogP contribution in [0.25, 0.3) is 0 Å². The third-order valence-electron chi connectivity index (χ3n) is 2.68. The summed E-state index contributed by atoms with van der Waals surface area (Å²) in [4.78, 5) is 0. The average molecular weight is 319 g/mol. The molecule has 2 atom stereocenters. The molecule has 1 saturated heterocycles. The maximum Gasteiger partial charge on any atom is 0.404 e. The summed E-state index contributed by atoms with van der Waals surface area (Å²) in [5.41, 5.74) is -0.761. The van der Waals surface area contributed by atoms with Gasteiger partial charge >= 0.3 is 10.4 Å². The number of hydrogen-bond acceptors (Lipinski definition) is 8. The molecule has 0 aromatic heterocycles. The number of benzene rings is 1. The van der Waals surface area contributed by atoms with Crippen LogP contribution in [0.4, 0.5) is 0 Å². The summed E-state index contributed by atoms with van der Waals surface area (Å²) in [6.07, 6.45) is -1.44. The molecule has 0 bridgehead atoms. The lowest BCUT2D eigenvalue weighted by molar-refractivity contribution is -0.177. The predicted molar refractivity (Wildman–Crippen MR) is 71.4 cm³/mol. The Morgan fingerprint density at radius 3 is 2.19 bits per heavy atom. The van der Waals surface area contributed by atoms with Gasteiger partial charge in [-0.05, 0) is 32.9 Å². The van der Waals surface area contributed by atoms with Gasteiger partial charge in [-0.1, -0.05) is 0 Å². The van der Waals surface area contributed by atoms with E-state index >= 15 is 0 Å². The van der Waals surface area contributed by atoms with E-state index in [4.69, 9.17) is 4.18 Å². The molecule has 0 spiro atoms. The molecule has 0 saturated carbocycles. The number of rotatable bonds is 2. The van der Waals surface area contributed by atoms with E-state index in [0.717, 1.165) is 18.2 Å². The minimum Gasteiger partial charge on any atom is -0.508 e. The molecule has 118 valence electrons. The number of nitrogens with one attached hydrogen (secondary N) is 1. The standard InChI is InChI=1S/C12H17NO7S/c1-11(2,3)13-10-12(16,20-21(17,18)19-10)7-4-8(14)6-9(15)5-7/h4-6,10,13-16H,1-3H3. The first-order valence-electron chi connectivity index (χ1n) is 6.09. The van der Waals surface area contributed by atoms with Crippen LogP contribution in [0, 0.1) is 0 Å². The first-order valence-corrected chi connectivity index (χ1v) is 7.42. The Hall–Kier alpha value is -1.39. The van der Waals surface area contributed by atoms with E-state index in [-0.39, 0.29) is 17.1 Å². The summed E-state index contributed by atoms with van der Waals surface area (Å²) in [7, 11) is -4.43. The number of phenols is 2. The van der Waals surface area contributed by atoms with Gasteiger partial charge in [-0.25, -0.2) is 8.37 Å². The quantitative estimate of drug-likeness (QED) is 0.611. The highest BCUT2D eigenvalue weighted by molar-refractivity contribution is 7.82. The molecule has 2 unspecified atom stereocenters. The maximum absolute atomic E-state index is 11.5.